The van der Waals surface area contributed by atoms with Crippen molar-refractivity contribution in [2.45, 2.75) is 59.1 Å². The maximum atomic E-state index is 6.04. The van der Waals surface area contributed by atoms with Crippen LogP contribution in [0.5, 0.6) is 5.88 Å². The molecule has 4 nitrogen and oxygen atoms in total. The third-order valence-electron chi connectivity index (χ3n) is 2.72. The largest absolute Gasteiger partial charge is 0.473 e. The molecule has 1 unspecified atom stereocenters. The van der Waals surface area contributed by atoms with E-state index in [1.807, 2.05) is 20.0 Å². The van der Waals surface area contributed by atoms with Crippen molar-refractivity contribution < 1.29 is 4.74 Å². The Balaban J connectivity index is 2.59. The Bertz CT molecular complexity index is 366. The van der Waals surface area contributed by atoms with Crippen molar-refractivity contribution in [1.82, 2.24) is 15.1 Å². The number of aryl methyl sites for hydroxylation is 2. The molecule has 1 heterocycles. The molecule has 0 aliphatic rings. The number of rotatable bonds is 6. The Morgan fingerprint density at radius 2 is 2.11 bits per heavy atom. The van der Waals surface area contributed by atoms with Gasteiger partial charge in [-0.15, -0.1) is 0 Å². The molecule has 0 aliphatic heterocycles. The van der Waals surface area contributed by atoms with Crippen LogP contribution in [0.1, 0.15) is 46.2 Å². The summed E-state index contributed by atoms with van der Waals surface area (Å²) in [5.74, 6) is 0.849. The first kappa shape index (κ1) is 15.0. The molecule has 1 aromatic heterocycles. The molecule has 0 saturated heterocycles. The minimum atomic E-state index is 0.123. The van der Waals surface area contributed by atoms with Crippen LogP contribution in [-0.2, 0) is 7.05 Å². The first-order valence-electron chi connectivity index (χ1n) is 6.74. The highest BCUT2D eigenvalue weighted by Gasteiger charge is 2.16. The van der Waals surface area contributed by atoms with E-state index in [0.717, 1.165) is 31.0 Å². The van der Waals surface area contributed by atoms with Gasteiger partial charge in [0.25, 0.3) is 0 Å². The van der Waals surface area contributed by atoms with Crippen LogP contribution in [0.2, 0.25) is 0 Å². The normalized spacial score (nSPS) is 13.7. The van der Waals surface area contributed by atoms with Gasteiger partial charge in [0, 0.05) is 25.2 Å². The average molecular weight is 253 g/mol. The van der Waals surface area contributed by atoms with E-state index in [4.69, 9.17) is 4.74 Å². The fourth-order valence-electron chi connectivity index (χ4n) is 1.81. The van der Waals surface area contributed by atoms with Crippen molar-refractivity contribution in [3.8, 4) is 5.88 Å². The first-order valence-corrected chi connectivity index (χ1v) is 6.74. The zero-order valence-corrected chi connectivity index (χ0v) is 12.6. The molecular weight excluding hydrogens is 226 g/mol. The Morgan fingerprint density at radius 3 is 2.56 bits per heavy atom. The molecule has 0 saturated carbocycles. The molecule has 0 aliphatic carbocycles. The summed E-state index contributed by atoms with van der Waals surface area (Å²) in [5.41, 5.74) is 1.11. The molecule has 0 fully saturated rings. The van der Waals surface area contributed by atoms with Gasteiger partial charge in [0.15, 0.2) is 0 Å². The van der Waals surface area contributed by atoms with E-state index >= 15 is 0 Å². The quantitative estimate of drug-likeness (QED) is 0.847. The summed E-state index contributed by atoms with van der Waals surface area (Å²) in [6.07, 6.45) is 2.37. The molecule has 0 aromatic carbocycles. The molecule has 1 N–H and O–H groups in total. The van der Waals surface area contributed by atoms with Gasteiger partial charge < -0.3 is 10.1 Å². The van der Waals surface area contributed by atoms with E-state index in [-0.39, 0.29) is 11.6 Å². The SMILES string of the molecule is CCCC(CNC(C)(C)C)Oc1cc(C)nn1C. The van der Waals surface area contributed by atoms with E-state index in [2.05, 4.69) is 38.1 Å². The molecule has 104 valence electrons. The Morgan fingerprint density at radius 1 is 1.44 bits per heavy atom. The number of aromatic nitrogens is 2. The fraction of sp³-hybridized carbons (Fsp3) is 0.786. The van der Waals surface area contributed by atoms with Crippen LogP contribution in [0.4, 0.5) is 0 Å². The van der Waals surface area contributed by atoms with Crippen LogP contribution in [0.3, 0.4) is 0 Å². The number of nitrogens with zero attached hydrogens (tertiary/aromatic N) is 2. The standard InChI is InChI=1S/C14H27N3O/c1-7-8-12(10-15-14(3,4)5)18-13-9-11(2)16-17(13)6/h9,12,15H,7-8,10H2,1-6H3. The highest BCUT2D eigenvalue weighted by molar-refractivity contribution is 5.14. The predicted octanol–water partition coefficient (Wildman–Crippen LogP) is 2.66. The molecule has 0 bridgehead atoms. The lowest BCUT2D eigenvalue weighted by Crippen LogP contribution is -2.42. The van der Waals surface area contributed by atoms with Crippen LogP contribution >= 0.6 is 0 Å². The lowest BCUT2D eigenvalue weighted by atomic mass is 10.1. The van der Waals surface area contributed by atoms with Crippen LogP contribution in [0.25, 0.3) is 0 Å². The van der Waals surface area contributed by atoms with Crippen LogP contribution < -0.4 is 10.1 Å². The topological polar surface area (TPSA) is 39.1 Å². The van der Waals surface area contributed by atoms with E-state index in [1.54, 1.807) is 4.68 Å². The van der Waals surface area contributed by atoms with E-state index in [9.17, 15) is 0 Å². The van der Waals surface area contributed by atoms with Gasteiger partial charge in [0.2, 0.25) is 5.88 Å². The zero-order chi connectivity index (χ0) is 13.8. The molecule has 18 heavy (non-hydrogen) atoms. The summed E-state index contributed by atoms with van der Waals surface area (Å²) in [4.78, 5) is 0. The average Bonchev–Trinajstić information content (AvgIpc) is 2.53. The Kier molecular flexibility index (Phi) is 5.20. The fourth-order valence-corrected chi connectivity index (χ4v) is 1.81. The highest BCUT2D eigenvalue weighted by atomic mass is 16.5. The van der Waals surface area contributed by atoms with Gasteiger partial charge in [-0.2, -0.15) is 5.10 Å². The summed E-state index contributed by atoms with van der Waals surface area (Å²) < 4.78 is 7.84. The molecule has 1 rings (SSSR count). The van der Waals surface area contributed by atoms with Crippen LogP contribution in [0, 0.1) is 6.92 Å². The second-order valence-corrected chi connectivity index (χ2v) is 5.91. The maximum Gasteiger partial charge on any atom is 0.212 e. The molecule has 1 aromatic rings. The molecule has 4 heteroatoms. The minimum absolute atomic E-state index is 0.123. The van der Waals surface area contributed by atoms with Crippen molar-refractivity contribution in [3.05, 3.63) is 11.8 Å². The van der Waals surface area contributed by atoms with Crippen molar-refractivity contribution in [2.24, 2.45) is 7.05 Å². The number of ether oxygens (including phenoxy) is 1. The number of hydrogen-bond donors (Lipinski definition) is 1. The summed E-state index contributed by atoms with van der Waals surface area (Å²) in [6, 6.07) is 1.99. The van der Waals surface area contributed by atoms with Gasteiger partial charge in [0.1, 0.15) is 6.10 Å². The monoisotopic (exact) mass is 253 g/mol. The first-order chi connectivity index (χ1) is 8.31. The third-order valence-corrected chi connectivity index (χ3v) is 2.72. The zero-order valence-electron chi connectivity index (χ0n) is 12.6. The highest BCUT2D eigenvalue weighted by Crippen LogP contribution is 2.15. The molecule has 1 atom stereocenters. The van der Waals surface area contributed by atoms with Crippen molar-refractivity contribution in [2.75, 3.05) is 6.54 Å². The predicted molar refractivity (Wildman–Crippen MR) is 75.0 cm³/mol. The Hall–Kier alpha value is -1.03. The summed E-state index contributed by atoms with van der Waals surface area (Å²) in [5, 5.41) is 7.80. The van der Waals surface area contributed by atoms with Gasteiger partial charge in [-0.25, -0.2) is 4.68 Å². The van der Waals surface area contributed by atoms with Gasteiger partial charge >= 0.3 is 0 Å². The van der Waals surface area contributed by atoms with Crippen molar-refractivity contribution >= 4 is 0 Å². The Labute approximate surface area is 111 Å². The number of hydrogen-bond acceptors (Lipinski definition) is 3. The smallest absolute Gasteiger partial charge is 0.212 e. The van der Waals surface area contributed by atoms with Gasteiger partial charge in [-0.3, -0.25) is 0 Å². The van der Waals surface area contributed by atoms with Crippen molar-refractivity contribution in [1.29, 1.82) is 0 Å². The third kappa shape index (κ3) is 5.08. The lowest BCUT2D eigenvalue weighted by Gasteiger charge is -2.25. The summed E-state index contributed by atoms with van der Waals surface area (Å²) >= 11 is 0. The summed E-state index contributed by atoms with van der Waals surface area (Å²) in [6.45, 7) is 11.5. The second-order valence-electron chi connectivity index (χ2n) is 5.91. The second kappa shape index (κ2) is 6.23. The number of nitrogens with one attached hydrogen (secondary N) is 1. The molecular formula is C14H27N3O. The maximum absolute atomic E-state index is 6.04. The van der Waals surface area contributed by atoms with Crippen LogP contribution in [0.15, 0.2) is 6.07 Å². The minimum Gasteiger partial charge on any atom is -0.473 e. The van der Waals surface area contributed by atoms with Crippen molar-refractivity contribution in [3.63, 3.8) is 0 Å². The van der Waals surface area contributed by atoms with Crippen LogP contribution in [-0.4, -0.2) is 28.0 Å². The molecule has 0 radical (unpaired) electrons. The van der Waals surface area contributed by atoms with Gasteiger partial charge in [0.05, 0.1) is 5.69 Å². The van der Waals surface area contributed by atoms with E-state index < -0.39 is 0 Å². The molecule has 0 amide bonds. The van der Waals surface area contributed by atoms with E-state index in [0.29, 0.717) is 0 Å². The van der Waals surface area contributed by atoms with Gasteiger partial charge in [-0.1, -0.05) is 13.3 Å². The van der Waals surface area contributed by atoms with Gasteiger partial charge in [-0.05, 0) is 34.1 Å². The molecule has 0 spiro atoms. The lowest BCUT2D eigenvalue weighted by molar-refractivity contribution is 0.161. The summed E-state index contributed by atoms with van der Waals surface area (Å²) in [7, 11) is 1.92. The van der Waals surface area contributed by atoms with E-state index in [1.165, 1.54) is 0 Å².